The first-order valence-electron chi connectivity index (χ1n) is 9.23. The van der Waals surface area contributed by atoms with Crippen LogP contribution in [0.3, 0.4) is 0 Å². The van der Waals surface area contributed by atoms with Crippen LogP contribution in [-0.4, -0.2) is 32.4 Å². The second-order valence-corrected chi connectivity index (χ2v) is 6.69. The molecule has 1 N–H and O–H groups in total. The highest BCUT2D eigenvalue weighted by Crippen LogP contribution is 2.33. The fourth-order valence-electron chi connectivity index (χ4n) is 3.25. The van der Waals surface area contributed by atoms with Crippen LogP contribution in [0.25, 0.3) is 33.6 Å². The molecule has 3 aromatic heterocycles. The number of carbonyl (C=O) groups is 1. The molecular weight excluding hydrogens is 354 g/mol. The predicted molar refractivity (Wildman–Crippen MR) is 107 cm³/mol. The first-order valence-corrected chi connectivity index (χ1v) is 9.23. The third-order valence-electron chi connectivity index (χ3n) is 4.56. The molecule has 142 valence electrons. The zero-order chi connectivity index (χ0) is 19.7. The number of pyridine rings is 1. The summed E-state index contributed by atoms with van der Waals surface area (Å²) in [4.78, 5) is 17.6. The van der Waals surface area contributed by atoms with Crippen LogP contribution in [0, 0.1) is 6.92 Å². The summed E-state index contributed by atoms with van der Waals surface area (Å²) in [7, 11) is 1.85. The maximum atomic E-state index is 12.9. The standard InChI is InChI=1S/C21H21N5O2/c1-4-10-22-20(27)15-11-17(16-12-26(3)24-13(16)2)23-21-18(15)19(25-28-21)14-8-6-5-7-9-14/h5-9,11-12H,4,10H2,1-3H3,(H,22,27). The molecular formula is C21H21N5O2. The smallest absolute Gasteiger partial charge is 0.259 e. The molecule has 0 aliphatic heterocycles. The molecule has 0 unspecified atom stereocenters. The van der Waals surface area contributed by atoms with E-state index in [0.29, 0.717) is 34.6 Å². The molecule has 3 heterocycles. The van der Waals surface area contributed by atoms with E-state index in [1.54, 1.807) is 10.7 Å². The average Bonchev–Trinajstić information content (AvgIpc) is 3.28. The van der Waals surface area contributed by atoms with Gasteiger partial charge >= 0.3 is 0 Å². The van der Waals surface area contributed by atoms with Gasteiger partial charge in [0, 0.05) is 30.9 Å². The molecule has 0 fully saturated rings. The van der Waals surface area contributed by atoms with Gasteiger partial charge in [-0.25, -0.2) is 4.98 Å². The highest BCUT2D eigenvalue weighted by Gasteiger charge is 2.22. The summed E-state index contributed by atoms with van der Waals surface area (Å²) >= 11 is 0. The van der Waals surface area contributed by atoms with E-state index in [-0.39, 0.29) is 5.91 Å². The molecule has 0 atom stereocenters. The van der Waals surface area contributed by atoms with Crippen molar-refractivity contribution in [2.75, 3.05) is 6.54 Å². The van der Waals surface area contributed by atoms with E-state index < -0.39 is 0 Å². The Balaban J connectivity index is 1.94. The van der Waals surface area contributed by atoms with Crippen LogP contribution < -0.4 is 5.32 Å². The minimum absolute atomic E-state index is 0.169. The lowest BCUT2D eigenvalue weighted by atomic mass is 10.0. The van der Waals surface area contributed by atoms with E-state index in [2.05, 4.69) is 20.6 Å². The normalized spacial score (nSPS) is 11.1. The Hall–Kier alpha value is -3.48. The van der Waals surface area contributed by atoms with Gasteiger partial charge in [-0.05, 0) is 19.4 Å². The molecule has 0 saturated carbocycles. The van der Waals surface area contributed by atoms with Crippen LogP contribution in [0.1, 0.15) is 29.4 Å². The second-order valence-electron chi connectivity index (χ2n) is 6.69. The van der Waals surface area contributed by atoms with E-state index >= 15 is 0 Å². The van der Waals surface area contributed by atoms with Gasteiger partial charge in [-0.2, -0.15) is 5.10 Å². The largest absolute Gasteiger partial charge is 0.352 e. The molecule has 0 bridgehead atoms. The van der Waals surface area contributed by atoms with Crippen molar-refractivity contribution in [2.24, 2.45) is 7.05 Å². The molecule has 1 amide bonds. The van der Waals surface area contributed by atoms with Crippen molar-refractivity contribution in [1.82, 2.24) is 25.2 Å². The number of fused-ring (bicyclic) bond motifs is 1. The van der Waals surface area contributed by atoms with E-state index in [9.17, 15) is 4.79 Å². The minimum atomic E-state index is -0.169. The van der Waals surface area contributed by atoms with Gasteiger partial charge in [0.2, 0.25) is 0 Å². The average molecular weight is 375 g/mol. The van der Waals surface area contributed by atoms with Gasteiger partial charge in [0.05, 0.1) is 22.3 Å². The summed E-state index contributed by atoms with van der Waals surface area (Å²) in [6.45, 7) is 4.52. The Kier molecular flexibility index (Phi) is 4.65. The highest BCUT2D eigenvalue weighted by molar-refractivity contribution is 6.10. The molecule has 1 aromatic carbocycles. The van der Waals surface area contributed by atoms with E-state index in [0.717, 1.165) is 23.2 Å². The maximum Gasteiger partial charge on any atom is 0.259 e. The molecule has 4 aromatic rings. The molecule has 0 aliphatic rings. The number of hydrogen-bond acceptors (Lipinski definition) is 5. The third-order valence-corrected chi connectivity index (χ3v) is 4.56. The first kappa shape index (κ1) is 17.9. The minimum Gasteiger partial charge on any atom is -0.352 e. The van der Waals surface area contributed by atoms with E-state index in [1.807, 2.05) is 57.4 Å². The number of rotatable bonds is 5. The van der Waals surface area contributed by atoms with Gasteiger partial charge in [-0.1, -0.05) is 42.4 Å². The van der Waals surface area contributed by atoms with Crippen LogP contribution in [0.2, 0.25) is 0 Å². The SMILES string of the molecule is CCCNC(=O)c1cc(-c2cn(C)nc2C)nc2onc(-c3ccccc3)c12. The van der Waals surface area contributed by atoms with E-state index in [4.69, 9.17) is 4.52 Å². The Morgan fingerprint density at radius 1 is 1.25 bits per heavy atom. The van der Waals surface area contributed by atoms with Gasteiger partial charge in [0.15, 0.2) is 0 Å². The topological polar surface area (TPSA) is 85.8 Å². The third kappa shape index (κ3) is 3.15. The summed E-state index contributed by atoms with van der Waals surface area (Å²) < 4.78 is 7.26. The van der Waals surface area contributed by atoms with Crippen LogP contribution >= 0.6 is 0 Å². The van der Waals surface area contributed by atoms with Crippen molar-refractivity contribution in [3.63, 3.8) is 0 Å². The van der Waals surface area contributed by atoms with Crippen molar-refractivity contribution in [3.05, 3.63) is 53.9 Å². The van der Waals surface area contributed by atoms with Crippen LogP contribution in [-0.2, 0) is 7.05 Å². The molecule has 0 spiro atoms. The van der Waals surface area contributed by atoms with Crippen LogP contribution in [0.5, 0.6) is 0 Å². The molecule has 0 saturated heterocycles. The van der Waals surface area contributed by atoms with Crippen molar-refractivity contribution >= 4 is 17.0 Å². The highest BCUT2D eigenvalue weighted by atomic mass is 16.5. The monoisotopic (exact) mass is 375 g/mol. The summed E-state index contributed by atoms with van der Waals surface area (Å²) in [6.07, 6.45) is 2.73. The van der Waals surface area contributed by atoms with Gasteiger partial charge < -0.3 is 9.84 Å². The summed E-state index contributed by atoms with van der Waals surface area (Å²) in [6, 6.07) is 11.4. The molecule has 7 nitrogen and oxygen atoms in total. The number of nitrogens with zero attached hydrogens (tertiary/aromatic N) is 4. The summed E-state index contributed by atoms with van der Waals surface area (Å²) in [5.74, 6) is -0.169. The Morgan fingerprint density at radius 2 is 2.04 bits per heavy atom. The lowest BCUT2D eigenvalue weighted by molar-refractivity contribution is 0.0955. The fourth-order valence-corrected chi connectivity index (χ4v) is 3.25. The number of aryl methyl sites for hydroxylation is 2. The predicted octanol–water partition coefficient (Wildman–Crippen LogP) is 3.74. The number of nitrogens with one attached hydrogen (secondary N) is 1. The number of aromatic nitrogens is 4. The van der Waals surface area contributed by atoms with Crippen molar-refractivity contribution < 1.29 is 9.32 Å². The zero-order valence-corrected chi connectivity index (χ0v) is 16.1. The Bertz CT molecular complexity index is 1140. The van der Waals surface area contributed by atoms with Gasteiger partial charge in [-0.15, -0.1) is 0 Å². The first-order chi connectivity index (χ1) is 13.6. The van der Waals surface area contributed by atoms with E-state index in [1.165, 1.54) is 0 Å². The van der Waals surface area contributed by atoms with Crippen molar-refractivity contribution in [2.45, 2.75) is 20.3 Å². The zero-order valence-electron chi connectivity index (χ0n) is 16.1. The number of benzene rings is 1. The van der Waals surface area contributed by atoms with Crippen molar-refractivity contribution in [3.8, 4) is 22.5 Å². The lowest BCUT2D eigenvalue weighted by Crippen LogP contribution is -2.24. The van der Waals surface area contributed by atoms with Crippen molar-refractivity contribution in [1.29, 1.82) is 0 Å². The maximum absolute atomic E-state index is 12.9. The molecule has 28 heavy (non-hydrogen) atoms. The Labute approximate surface area is 162 Å². The molecule has 0 aliphatic carbocycles. The number of amides is 1. The van der Waals surface area contributed by atoms with Gasteiger partial charge in [-0.3, -0.25) is 9.48 Å². The fraction of sp³-hybridized carbons (Fsp3) is 0.238. The molecule has 4 rings (SSSR count). The van der Waals surface area contributed by atoms with Gasteiger partial charge in [0.1, 0.15) is 5.69 Å². The quantitative estimate of drug-likeness (QED) is 0.574. The van der Waals surface area contributed by atoms with Crippen LogP contribution in [0.4, 0.5) is 0 Å². The second kappa shape index (κ2) is 7.26. The number of carbonyl (C=O) groups excluding carboxylic acids is 1. The molecule has 7 heteroatoms. The van der Waals surface area contributed by atoms with Gasteiger partial charge in [0.25, 0.3) is 11.6 Å². The van der Waals surface area contributed by atoms with Crippen LogP contribution in [0.15, 0.2) is 47.1 Å². The Morgan fingerprint density at radius 3 is 2.71 bits per heavy atom. The molecule has 0 radical (unpaired) electrons. The summed E-state index contributed by atoms with van der Waals surface area (Å²) in [5.41, 5.74) is 4.63. The summed E-state index contributed by atoms with van der Waals surface area (Å²) in [5, 5.41) is 12.2. The number of hydrogen-bond donors (Lipinski definition) is 1. The lowest BCUT2D eigenvalue weighted by Gasteiger charge is -2.08.